The maximum atomic E-state index is 9.35. The summed E-state index contributed by atoms with van der Waals surface area (Å²) in [5.74, 6) is 2.40. The zero-order chi connectivity index (χ0) is 38.6. The van der Waals surface area contributed by atoms with E-state index in [1.807, 2.05) is 60.7 Å². The van der Waals surface area contributed by atoms with Crippen molar-refractivity contribution in [1.29, 1.82) is 5.26 Å². The van der Waals surface area contributed by atoms with Gasteiger partial charge in [0, 0.05) is 27.8 Å². The zero-order valence-corrected chi connectivity index (χ0v) is 31.3. The van der Waals surface area contributed by atoms with Crippen LogP contribution >= 0.6 is 0 Å². The minimum absolute atomic E-state index is 0.622. The number of hydrogen-bond donors (Lipinski definition) is 0. The molecule has 1 aromatic heterocycles. The van der Waals surface area contributed by atoms with Crippen LogP contribution < -0.4 is 4.74 Å². The van der Waals surface area contributed by atoms with Gasteiger partial charge in [0.05, 0.1) is 28.4 Å². The Morgan fingerprint density at radius 3 is 1.59 bits per heavy atom. The molecule has 11 rings (SSSR count). The summed E-state index contributed by atoms with van der Waals surface area (Å²) in [6.07, 6.45) is 0. The smallest absolute Gasteiger partial charge is 0.160 e. The molecule has 270 valence electrons. The minimum atomic E-state index is -0.622. The topological polar surface area (TPSA) is 58.8 Å². The summed E-state index contributed by atoms with van der Waals surface area (Å²) in [5, 5.41) is 9.35. The second-order valence-electron chi connectivity index (χ2n) is 14.8. The van der Waals surface area contributed by atoms with Crippen molar-refractivity contribution in [2.45, 2.75) is 5.41 Å². The van der Waals surface area contributed by atoms with Crippen molar-refractivity contribution in [3.05, 3.63) is 228 Å². The van der Waals surface area contributed by atoms with Gasteiger partial charge in [0.1, 0.15) is 11.5 Å². The van der Waals surface area contributed by atoms with Crippen LogP contribution in [0.5, 0.6) is 11.5 Å². The molecule has 4 nitrogen and oxygen atoms in total. The fourth-order valence-corrected chi connectivity index (χ4v) is 9.00. The Kier molecular flexibility index (Phi) is 7.74. The number of nitriles is 1. The number of benzene rings is 8. The van der Waals surface area contributed by atoms with Crippen molar-refractivity contribution in [2.75, 3.05) is 0 Å². The molecule has 1 aliphatic carbocycles. The molecule has 2 heterocycles. The minimum Gasteiger partial charge on any atom is -0.457 e. The maximum Gasteiger partial charge on any atom is 0.160 e. The van der Waals surface area contributed by atoms with Gasteiger partial charge in [-0.2, -0.15) is 5.26 Å². The third-order valence-electron chi connectivity index (χ3n) is 11.6. The van der Waals surface area contributed by atoms with Crippen molar-refractivity contribution < 1.29 is 4.74 Å². The fourth-order valence-electron chi connectivity index (χ4n) is 9.00. The molecule has 1 spiro atoms. The molecule has 0 fully saturated rings. The monoisotopic (exact) mass is 739 g/mol. The molecule has 0 saturated carbocycles. The Balaban J connectivity index is 1.16. The van der Waals surface area contributed by atoms with E-state index in [2.05, 4.69) is 146 Å². The predicted octanol–water partition coefficient (Wildman–Crippen LogP) is 13.2. The van der Waals surface area contributed by atoms with Gasteiger partial charge in [-0.1, -0.05) is 164 Å². The molecule has 2 aliphatic rings. The number of fused-ring (bicyclic) bond motifs is 9. The maximum absolute atomic E-state index is 9.35. The van der Waals surface area contributed by atoms with E-state index in [-0.39, 0.29) is 0 Å². The van der Waals surface area contributed by atoms with Gasteiger partial charge in [-0.25, -0.2) is 9.97 Å². The molecule has 0 saturated heterocycles. The Morgan fingerprint density at radius 1 is 0.397 bits per heavy atom. The van der Waals surface area contributed by atoms with Gasteiger partial charge in [-0.3, -0.25) is 0 Å². The number of nitrogens with zero attached hydrogens (tertiary/aromatic N) is 3. The van der Waals surface area contributed by atoms with E-state index in [1.165, 1.54) is 16.7 Å². The third kappa shape index (κ3) is 5.22. The number of aromatic nitrogens is 2. The molecule has 0 N–H and O–H groups in total. The Labute approximate surface area is 337 Å². The summed E-state index contributed by atoms with van der Waals surface area (Å²) in [5.41, 5.74) is 16.2. The van der Waals surface area contributed by atoms with Gasteiger partial charge in [0.15, 0.2) is 5.82 Å². The van der Waals surface area contributed by atoms with Crippen LogP contribution in [-0.4, -0.2) is 9.97 Å². The lowest BCUT2D eigenvalue weighted by molar-refractivity contribution is 0.436. The molecule has 0 radical (unpaired) electrons. The van der Waals surface area contributed by atoms with Crippen molar-refractivity contribution in [2.24, 2.45) is 0 Å². The molecule has 0 unspecified atom stereocenters. The van der Waals surface area contributed by atoms with Crippen molar-refractivity contribution >= 4 is 0 Å². The molecule has 0 amide bonds. The van der Waals surface area contributed by atoms with Crippen LogP contribution in [-0.2, 0) is 5.41 Å². The standard InChI is InChI=1S/C54H33N3O/c55-34-35-22-24-36(25-23-35)37-26-28-38(29-27-37)42-16-11-19-47-52(42)43-32-41(49-33-48(39-12-3-1-4-13-39)56-53(57-49)40-14-5-2-6-15-40)30-31-44(43)54(47)45-17-7-9-20-50(45)58-51-21-10-8-18-46(51)54/h1-33H. The van der Waals surface area contributed by atoms with Crippen LogP contribution in [0.1, 0.15) is 27.8 Å². The largest absolute Gasteiger partial charge is 0.457 e. The van der Waals surface area contributed by atoms with Gasteiger partial charge in [-0.05, 0) is 80.9 Å². The van der Waals surface area contributed by atoms with Crippen LogP contribution in [0.4, 0.5) is 0 Å². The van der Waals surface area contributed by atoms with Crippen LogP contribution in [0.25, 0.3) is 67.3 Å². The van der Waals surface area contributed by atoms with Gasteiger partial charge in [-0.15, -0.1) is 0 Å². The summed E-state index contributed by atoms with van der Waals surface area (Å²) >= 11 is 0. The summed E-state index contributed by atoms with van der Waals surface area (Å²) in [6, 6.07) is 72.0. The van der Waals surface area contributed by atoms with Crippen LogP contribution in [0, 0.1) is 11.3 Å². The molecular formula is C54H33N3O. The second kappa shape index (κ2) is 13.4. The third-order valence-corrected chi connectivity index (χ3v) is 11.6. The Bertz CT molecular complexity index is 2970. The van der Waals surface area contributed by atoms with Crippen LogP contribution in [0.3, 0.4) is 0 Å². The average molecular weight is 740 g/mol. The van der Waals surface area contributed by atoms with Gasteiger partial charge < -0.3 is 4.74 Å². The van der Waals surface area contributed by atoms with Crippen LogP contribution in [0.15, 0.2) is 200 Å². The lowest BCUT2D eigenvalue weighted by Crippen LogP contribution is -2.32. The number of para-hydroxylation sites is 2. The molecule has 58 heavy (non-hydrogen) atoms. The van der Waals surface area contributed by atoms with Crippen LogP contribution in [0.2, 0.25) is 0 Å². The van der Waals surface area contributed by atoms with E-state index < -0.39 is 5.41 Å². The molecule has 0 bridgehead atoms. The van der Waals surface area contributed by atoms with E-state index in [0.29, 0.717) is 11.4 Å². The SMILES string of the molecule is N#Cc1ccc(-c2ccc(-c3cccc4c3-c3cc(-c5cc(-c6ccccc6)nc(-c6ccccc6)n5)ccc3C43c4ccccc4Oc4ccccc43)cc2)cc1. The van der Waals surface area contributed by atoms with E-state index in [4.69, 9.17) is 14.7 Å². The Morgan fingerprint density at radius 2 is 0.931 bits per heavy atom. The lowest BCUT2D eigenvalue weighted by Gasteiger charge is -2.39. The summed E-state index contributed by atoms with van der Waals surface area (Å²) in [4.78, 5) is 10.3. The molecule has 4 heteroatoms. The molecule has 0 atom stereocenters. The summed E-state index contributed by atoms with van der Waals surface area (Å²) in [6.45, 7) is 0. The summed E-state index contributed by atoms with van der Waals surface area (Å²) in [7, 11) is 0. The molecule has 8 aromatic carbocycles. The highest BCUT2D eigenvalue weighted by Gasteiger charge is 2.51. The number of rotatable bonds is 5. The van der Waals surface area contributed by atoms with Gasteiger partial charge in [0.25, 0.3) is 0 Å². The first-order chi connectivity index (χ1) is 28.7. The van der Waals surface area contributed by atoms with Crippen molar-refractivity contribution in [3.63, 3.8) is 0 Å². The first-order valence-corrected chi connectivity index (χ1v) is 19.5. The molecule has 9 aromatic rings. The van der Waals surface area contributed by atoms with Gasteiger partial charge in [0.2, 0.25) is 0 Å². The highest BCUT2D eigenvalue weighted by molar-refractivity contribution is 5.98. The first kappa shape index (κ1) is 33.5. The van der Waals surface area contributed by atoms with Crippen molar-refractivity contribution in [3.8, 4) is 84.9 Å². The van der Waals surface area contributed by atoms with E-state index in [1.54, 1.807) is 0 Å². The van der Waals surface area contributed by atoms with E-state index >= 15 is 0 Å². The Hall–Kier alpha value is -7.87. The number of hydrogen-bond acceptors (Lipinski definition) is 4. The lowest BCUT2D eigenvalue weighted by atomic mass is 9.66. The fraction of sp³-hybridized carbons (Fsp3) is 0.0185. The normalized spacial score (nSPS) is 12.7. The predicted molar refractivity (Wildman–Crippen MR) is 231 cm³/mol. The van der Waals surface area contributed by atoms with E-state index in [0.717, 1.165) is 78.5 Å². The second-order valence-corrected chi connectivity index (χ2v) is 14.8. The van der Waals surface area contributed by atoms with Gasteiger partial charge >= 0.3 is 0 Å². The van der Waals surface area contributed by atoms with E-state index in [9.17, 15) is 5.26 Å². The highest BCUT2D eigenvalue weighted by atomic mass is 16.5. The zero-order valence-electron chi connectivity index (χ0n) is 31.3. The molecule has 1 aliphatic heterocycles. The average Bonchev–Trinajstić information content (AvgIpc) is 3.59. The quantitative estimate of drug-likeness (QED) is 0.176. The number of ether oxygens (including phenoxy) is 1. The highest BCUT2D eigenvalue weighted by Crippen LogP contribution is 2.63. The summed E-state index contributed by atoms with van der Waals surface area (Å²) < 4.78 is 6.65. The molecular weight excluding hydrogens is 707 g/mol. The first-order valence-electron chi connectivity index (χ1n) is 19.5. The van der Waals surface area contributed by atoms with Crippen molar-refractivity contribution in [1.82, 2.24) is 9.97 Å².